The van der Waals surface area contributed by atoms with E-state index in [-0.39, 0.29) is 22.9 Å². The molecular weight excluding hydrogens is 445 g/mol. The first-order valence-corrected chi connectivity index (χ1v) is 12.5. The molecule has 1 saturated heterocycles. The van der Waals surface area contributed by atoms with E-state index in [1.165, 1.54) is 12.3 Å². The summed E-state index contributed by atoms with van der Waals surface area (Å²) < 4.78 is 40.4. The zero-order chi connectivity index (χ0) is 23.2. The van der Waals surface area contributed by atoms with E-state index in [1.807, 2.05) is 6.92 Å². The molecule has 33 heavy (non-hydrogen) atoms. The van der Waals surface area contributed by atoms with Crippen molar-refractivity contribution in [3.05, 3.63) is 41.9 Å². The van der Waals surface area contributed by atoms with E-state index >= 15 is 0 Å². The van der Waals surface area contributed by atoms with Gasteiger partial charge in [0.2, 0.25) is 21.7 Å². The van der Waals surface area contributed by atoms with E-state index < -0.39 is 15.8 Å². The zero-order valence-electron chi connectivity index (χ0n) is 18.1. The highest BCUT2D eigenvalue weighted by molar-refractivity contribution is 7.90. The van der Waals surface area contributed by atoms with E-state index in [0.29, 0.717) is 41.3 Å². The zero-order valence-corrected chi connectivity index (χ0v) is 18.9. The van der Waals surface area contributed by atoms with Crippen LogP contribution >= 0.6 is 0 Å². The number of nitrogens with zero attached hydrogens (tertiary/aromatic N) is 5. The molecule has 0 aromatic carbocycles. The third-order valence-corrected chi connectivity index (χ3v) is 8.91. The average Bonchev–Trinajstić information content (AvgIpc) is 3.60. The van der Waals surface area contributed by atoms with Crippen molar-refractivity contribution in [1.29, 1.82) is 0 Å². The van der Waals surface area contributed by atoms with Crippen molar-refractivity contribution < 1.29 is 12.8 Å². The fourth-order valence-electron chi connectivity index (χ4n) is 4.43. The summed E-state index contributed by atoms with van der Waals surface area (Å²) in [5, 5.41) is 3.69. The van der Waals surface area contributed by atoms with Gasteiger partial charge in [-0.25, -0.2) is 36.9 Å². The Morgan fingerprint density at radius 2 is 2.00 bits per heavy atom. The lowest BCUT2D eigenvalue weighted by Gasteiger charge is -2.34. The van der Waals surface area contributed by atoms with Gasteiger partial charge < -0.3 is 10.3 Å². The van der Waals surface area contributed by atoms with Crippen LogP contribution in [-0.4, -0.2) is 57.0 Å². The second-order valence-electron chi connectivity index (χ2n) is 8.71. The van der Waals surface area contributed by atoms with Gasteiger partial charge in [0.15, 0.2) is 0 Å². The SMILES string of the molecule is [C-]#[N+]c1cnc(NC(C)C2CCN(S(=O)(=O)C3CC3)CC2)nc1-c1c[nH]c2ncc(F)cc12. The van der Waals surface area contributed by atoms with Crippen LogP contribution in [0.2, 0.25) is 0 Å². The Bertz CT molecular complexity index is 1340. The van der Waals surface area contributed by atoms with Crippen molar-refractivity contribution in [1.82, 2.24) is 24.2 Å². The number of rotatable bonds is 6. The van der Waals surface area contributed by atoms with Crippen LogP contribution in [0.4, 0.5) is 16.0 Å². The summed E-state index contributed by atoms with van der Waals surface area (Å²) in [4.78, 5) is 19.4. The minimum atomic E-state index is -3.13. The van der Waals surface area contributed by atoms with Gasteiger partial charge in [0.25, 0.3) is 0 Å². The van der Waals surface area contributed by atoms with Crippen LogP contribution in [0.25, 0.3) is 27.1 Å². The molecule has 1 aliphatic heterocycles. The van der Waals surface area contributed by atoms with E-state index in [4.69, 9.17) is 6.57 Å². The molecular formula is C22H24FN7O2S. The summed E-state index contributed by atoms with van der Waals surface area (Å²) in [5.41, 5.74) is 1.76. The maximum Gasteiger partial charge on any atom is 0.231 e. The fourth-order valence-corrected chi connectivity index (χ4v) is 6.30. The lowest BCUT2D eigenvalue weighted by atomic mass is 9.91. The highest BCUT2D eigenvalue weighted by Gasteiger charge is 2.41. The minimum absolute atomic E-state index is 0.0181. The molecule has 1 aliphatic carbocycles. The van der Waals surface area contributed by atoms with Crippen LogP contribution in [0.5, 0.6) is 0 Å². The first-order valence-electron chi connectivity index (χ1n) is 11.0. The van der Waals surface area contributed by atoms with Gasteiger partial charge in [0.05, 0.1) is 23.7 Å². The van der Waals surface area contributed by atoms with Gasteiger partial charge in [-0.2, -0.15) is 0 Å². The van der Waals surface area contributed by atoms with Crippen molar-refractivity contribution in [2.75, 3.05) is 18.4 Å². The Hall–Kier alpha value is -3.10. The Labute approximate surface area is 191 Å². The molecule has 1 saturated carbocycles. The van der Waals surface area contributed by atoms with Gasteiger partial charge in [-0.15, -0.1) is 0 Å². The Balaban J connectivity index is 1.33. The first kappa shape index (κ1) is 21.7. The van der Waals surface area contributed by atoms with E-state index in [2.05, 4.69) is 30.1 Å². The van der Waals surface area contributed by atoms with E-state index in [1.54, 1.807) is 10.5 Å². The number of nitrogens with one attached hydrogen (secondary N) is 2. The van der Waals surface area contributed by atoms with Crippen molar-refractivity contribution in [3.8, 4) is 11.3 Å². The maximum atomic E-state index is 13.8. The first-order chi connectivity index (χ1) is 15.9. The van der Waals surface area contributed by atoms with Gasteiger partial charge in [-0.1, -0.05) is 0 Å². The summed E-state index contributed by atoms with van der Waals surface area (Å²) in [5.74, 6) is 0.176. The van der Waals surface area contributed by atoms with Crippen molar-refractivity contribution >= 4 is 32.7 Å². The Morgan fingerprint density at radius 3 is 2.70 bits per heavy atom. The van der Waals surface area contributed by atoms with E-state index in [0.717, 1.165) is 31.9 Å². The van der Waals surface area contributed by atoms with Gasteiger partial charge in [-0.3, -0.25) is 0 Å². The molecule has 1 atom stereocenters. The molecule has 4 heterocycles. The standard InChI is InChI=1S/C22H24FN7O2S/c1-13(14-5-7-30(8-6-14)33(31,32)16-3-4-16)28-22-27-12-19(24-2)20(29-22)18-11-26-21-17(18)9-15(23)10-25-21/h9-14,16H,3-8H2,1H3,(H,25,26)(H,27,28,29). The van der Waals surface area contributed by atoms with Gasteiger partial charge in [-0.05, 0) is 44.6 Å². The highest BCUT2D eigenvalue weighted by Crippen LogP contribution is 2.35. The summed E-state index contributed by atoms with van der Waals surface area (Å²) >= 11 is 0. The van der Waals surface area contributed by atoms with Crippen LogP contribution in [0.3, 0.4) is 0 Å². The molecule has 2 N–H and O–H groups in total. The quantitative estimate of drug-likeness (QED) is 0.533. The Kier molecular flexibility index (Phi) is 5.50. The van der Waals surface area contributed by atoms with Crippen LogP contribution in [0.15, 0.2) is 24.7 Å². The van der Waals surface area contributed by atoms with Crippen LogP contribution in [-0.2, 0) is 10.0 Å². The van der Waals surface area contributed by atoms with Crippen molar-refractivity contribution in [2.45, 2.75) is 43.9 Å². The highest BCUT2D eigenvalue weighted by atomic mass is 32.2. The Morgan fingerprint density at radius 1 is 1.24 bits per heavy atom. The smallest absolute Gasteiger partial charge is 0.231 e. The molecule has 2 fully saturated rings. The number of pyridine rings is 1. The monoisotopic (exact) mass is 469 g/mol. The lowest BCUT2D eigenvalue weighted by molar-refractivity contribution is 0.257. The molecule has 0 spiro atoms. The maximum absolute atomic E-state index is 13.8. The van der Waals surface area contributed by atoms with Crippen molar-refractivity contribution in [3.63, 3.8) is 0 Å². The summed E-state index contributed by atoms with van der Waals surface area (Å²) in [6.07, 6.45) is 7.34. The predicted octanol–water partition coefficient (Wildman–Crippen LogP) is 3.71. The topological polar surface area (TPSA) is 108 Å². The number of aromatic amines is 1. The minimum Gasteiger partial charge on any atom is -0.352 e. The fraction of sp³-hybridized carbons (Fsp3) is 0.455. The molecule has 0 amide bonds. The average molecular weight is 470 g/mol. The molecule has 11 heteroatoms. The van der Waals surface area contributed by atoms with Crippen LogP contribution < -0.4 is 5.32 Å². The molecule has 3 aromatic rings. The number of sulfonamides is 1. The molecule has 0 bridgehead atoms. The number of aromatic nitrogens is 4. The van der Waals surface area contributed by atoms with Crippen molar-refractivity contribution in [2.24, 2.45) is 5.92 Å². The number of hydrogen-bond donors (Lipinski definition) is 2. The molecule has 0 radical (unpaired) electrons. The summed E-state index contributed by atoms with van der Waals surface area (Å²) in [6.45, 7) is 10.6. The molecule has 9 nitrogen and oxygen atoms in total. The summed E-state index contributed by atoms with van der Waals surface area (Å²) in [6, 6.07) is 1.38. The number of H-pyrrole nitrogens is 1. The molecule has 2 aliphatic rings. The number of fused-ring (bicyclic) bond motifs is 1. The molecule has 172 valence electrons. The largest absolute Gasteiger partial charge is 0.352 e. The number of piperidine rings is 1. The normalized spacial score (nSPS) is 18.8. The van der Waals surface area contributed by atoms with Gasteiger partial charge >= 0.3 is 0 Å². The van der Waals surface area contributed by atoms with Gasteiger partial charge in [0.1, 0.15) is 11.5 Å². The lowest BCUT2D eigenvalue weighted by Crippen LogP contribution is -2.43. The number of hydrogen-bond acceptors (Lipinski definition) is 6. The second-order valence-corrected chi connectivity index (χ2v) is 10.9. The molecule has 3 aromatic heterocycles. The molecule has 1 unspecified atom stereocenters. The molecule has 5 rings (SSSR count). The summed E-state index contributed by atoms with van der Waals surface area (Å²) in [7, 11) is -3.13. The van der Waals surface area contributed by atoms with Gasteiger partial charge in [0, 0.05) is 42.5 Å². The number of halogens is 1. The van der Waals surface area contributed by atoms with Crippen LogP contribution in [0, 0.1) is 18.3 Å². The van der Waals surface area contributed by atoms with Crippen LogP contribution in [0.1, 0.15) is 32.6 Å². The number of anilines is 1. The third kappa shape index (κ3) is 4.16. The third-order valence-electron chi connectivity index (χ3n) is 6.51. The van der Waals surface area contributed by atoms with E-state index in [9.17, 15) is 12.8 Å². The predicted molar refractivity (Wildman–Crippen MR) is 123 cm³/mol. The second kappa shape index (κ2) is 8.35.